The number of aliphatic hydroxyl groups excluding tert-OH is 1. The van der Waals surface area contributed by atoms with Crippen LogP contribution in [0, 0.1) is 26.7 Å². The first-order valence-corrected chi connectivity index (χ1v) is 8.09. The van der Waals surface area contributed by atoms with E-state index >= 15 is 0 Å². The second-order valence-corrected chi connectivity index (χ2v) is 6.46. The first kappa shape index (κ1) is 16.3. The number of hydrogen-bond acceptors (Lipinski definition) is 3. The minimum absolute atomic E-state index is 0.140. The zero-order valence-corrected chi connectivity index (χ0v) is 13.8. The standard InChI is InChI=1S/C18H29NO2/c1-5-10-19-18(11-20,16-8-9-16)12-21-17-14(3)7-6-13(2)15(17)4/h6-7,16,19-20H,5,8-12H2,1-4H3. The molecule has 0 heterocycles. The lowest BCUT2D eigenvalue weighted by Crippen LogP contribution is -2.55. The van der Waals surface area contributed by atoms with Gasteiger partial charge in [-0.25, -0.2) is 0 Å². The smallest absolute Gasteiger partial charge is 0.125 e. The van der Waals surface area contributed by atoms with Crippen molar-refractivity contribution in [2.75, 3.05) is 19.8 Å². The summed E-state index contributed by atoms with van der Waals surface area (Å²) in [6, 6.07) is 4.24. The van der Waals surface area contributed by atoms with Gasteiger partial charge in [-0.05, 0) is 69.2 Å². The SMILES string of the molecule is CCCNC(CO)(COc1c(C)ccc(C)c1C)C1CC1. The van der Waals surface area contributed by atoms with E-state index < -0.39 is 0 Å². The monoisotopic (exact) mass is 291 g/mol. The second kappa shape index (κ2) is 6.80. The molecule has 1 atom stereocenters. The van der Waals surface area contributed by atoms with Crippen LogP contribution < -0.4 is 10.1 Å². The average Bonchev–Trinajstić information content (AvgIpc) is 3.32. The highest BCUT2D eigenvalue weighted by Gasteiger charge is 2.45. The molecule has 21 heavy (non-hydrogen) atoms. The van der Waals surface area contributed by atoms with Crippen molar-refractivity contribution in [3.63, 3.8) is 0 Å². The van der Waals surface area contributed by atoms with Gasteiger partial charge in [-0.3, -0.25) is 0 Å². The summed E-state index contributed by atoms with van der Waals surface area (Å²) in [5.74, 6) is 1.52. The zero-order valence-electron chi connectivity index (χ0n) is 13.8. The van der Waals surface area contributed by atoms with Crippen LogP contribution in [0.1, 0.15) is 42.9 Å². The molecule has 0 amide bonds. The fourth-order valence-corrected chi connectivity index (χ4v) is 2.90. The lowest BCUT2D eigenvalue weighted by molar-refractivity contribution is 0.0844. The second-order valence-electron chi connectivity index (χ2n) is 6.46. The van der Waals surface area contributed by atoms with Gasteiger partial charge in [-0.1, -0.05) is 19.1 Å². The molecule has 2 N–H and O–H groups in total. The van der Waals surface area contributed by atoms with E-state index in [1.807, 2.05) is 0 Å². The highest BCUT2D eigenvalue weighted by Crippen LogP contribution is 2.40. The molecule has 2 rings (SSSR count). The number of hydrogen-bond donors (Lipinski definition) is 2. The Morgan fingerprint density at radius 3 is 2.48 bits per heavy atom. The van der Waals surface area contributed by atoms with E-state index in [1.165, 1.54) is 24.0 Å². The third-order valence-electron chi connectivity index (χ3n) is 4.72. The van der Waals surface area contributed by atoms with Gasteiger partial charge in [0.2, 0.25) is 0 Å². The van der Waals surface area contributed by atoms with Crippen LogP contribution in [0.25, 0.3) is 0 Å². The molecule has 1 saturated carbocycles. The highest BCUT2D eigenvalue weighted by molar-refractivity contribution is 5.44. The Balaban J connectivity index is 2.13. The third kappa shape index (κ3) is 3.58. The van der Waals surface area contributed by atoms with E-state index in [0.717, 1.165) is 24.3 Å². The lowest BCUT2D eigenvalue weighted by Gasteiger charge is -2.34. The molecule has 0 spiro atoms. The highest BCUT2D eigenvalue weighted by atomic mass is 16.5. The molecule has 1 aromatic carbocycles. The molecule has 1 aromatic rings. The summed E-state index contributed by atoms with van der Waals surface area (Å²) in [7, 11) is 0. The van der Waals surface area contributed by atoms with Crippen molar-refractivity contribution in [2.45, 2.75) is 52.5 Å². The van der Waals surface area contributed by atoms with Crippen LogP contribution in [-0.4, -0.2) is 30.4 Å². The van der Waals surface area contributed by atoms with Crippen LogP contribution in [0.3, 0.4) is 0 Å². The fourth-order valence-electron chi connectivity index (χ4n) is 2.90. The molecule has 0 radical (unpaired) electrons. The molecule has 1 aliphatic carbocycles. The zero-order chi connectivity index (χ0) is 15.5. The van der Waals surface area contributed by atoms with E-state index in [2.05, 4.69) is 45.1 Å². The Hall–Kier alpha value is -1.06. The topological polar surface area (TPSA) is 41.5 Å². The van der Waals surface area contributed by atoms with Crippen molar-refractivity contribution in [3.8, 4) is 5.75 Å². The Bertz CT molecular complexity index is 482. The van der Waals surface area contributed by atoms with Gasteiger partial charge >= 0.3 is 0 Å². The van der Waals surface area contributed by atoms with Crippen LogP contribution in [0.5, 0.6) is 5.75 Å². The van der Waals surface area contributed by atoms with Gasteiger partial charge in [0.25, 0.3) is 0 Å². The summed E-state index contributed by atoms with van der Waals surface area (Å²) < 4.78 is 6.18. The molecule has 1 unspecified atom stereocenters. The number of ether oxygens (including phenoxy) is 1. The number of benzene rings is 1. The first-order chi connectivity index (χ1) is 10.0. The van der Waals surface area contributed by atoms with E-state index in [0.29, 0.717) is 12.5 Å². The van der Waals surface area contributed by atoms with Gasteiger partial charge in [0.05, 0.1) is 12.1 Å². The predicted octanol–water partition coefficient (Wildman–Crippen LogP) is 3.13. The summed E-state index contributed by atoms with van der Waals surface area (Å²) in [5, 5.41) is 13.5. The van der Waals surface area contributed by atoms with Gasteiger partial charge in [0.15, 0.2) is 0 Å². The normalized spacial score (nSPS) is 17.6. The first-order valence-electron chi connectivity index (χ1n) is 8.09. The van der Waals surface area contributed by atoms with Crippen molar-refractivity contribution in [1.29, 1.82) is 0 Å². The maximum Gasteiger partial charge on any atom is 0.125 e. The Labute approximate surface area is 128 Å². The van der Waals surface area contributed by atoms with Crippen LogP contribution in [0.15, 0.2) is 12.1 Å². The van der Waals surface area contributed by atoms with Crippen molar-refractivity contribution in [1.82, 2.24) is 5.32 Å². The van der Waals surface area contributed by atoms with Crippen molar-refractivity contribution in [2.24, 2.45) is 5.92 Å². The molecule has 0 bridgehead atoms. The molecule has 3 nitrogen and oxygen atoms in total. The Kier molecular flexibility index (Phi) is 5.28. The molecule has 1 aliphatic rings. The predicted molar refractivity (Wildman–Crippen MR) is 87.0 cm³/mol. The van der Waals surface area contributed by atoms with Gasteiger partial charge < -0.3 is 15.2 Å². The van der Waals surface area contributed by atoms with E-state index in [-0.39, 0.29) is 12.1 Å². The maximum absolute atomic E-state index is 9.94. The largest absolute Gasteiger partial charge is 0.491 e. The van der Waals surface area contributed by atoms with Crippen molar-refractivity contribution >= 4 is 0 Å². The van der Waals surface area contributed by atoms with E-state index in [9.17, 15) is 5.11 Å². The van der Waals surface area contributed by atoms with Crippen molar-refractivity contribution in [3.05, 3.63) is 28.8 Å². The number of aliphatic hydroxyl groups is 1. The van der Waals surface area contributed by atoms with Gasteiger partial charge in [0, 0.05) is 0 Å². The molecule has 1 fully saturated rings. The number of rotatable bonds is 8. The summed E-state index contributed by atoms with van der Waals surface area (Å²) >= 11 is 0. The number of nitrogens with one attached hydrogen (secondary N) is 1. The van der Waals surface area contributed by atoms with Crippen LogP contribution >= 0.6 is 0 Å². The van der Waals surface area contributed by atoms with Crippen LogP contribution in [-0.2, 0) is 0 Å². The molecular weight excluding hydrogens is 262 g/mol. The Morgan fingerprint density at radius 2 is 1.90 bits per heavy atom. The quantitative estimate of drug-likeness (QED) is 0.773. The Morgan fingerprint density at radius 1 is 1.24 bits per heavy atom. The van der Waals surface area contributed by atoms with Crippen molar-refractivity contribution < 1.29 is 9.84 Å². The van der Waals surface area contributed by atoms with Gasteiger partial charge in [-0.2, -0.15) is 0 Å². The molecule has 3 heteroatoms. The fraction of sp³-hybridized carbons (Fsp3) is 0.667. The summed E-state index contributed by atoms with van der Waals surface area (Å²) in [6.45, 7) is 10.1. The number of aryl methyl sites for hydroxylation is 2. The van der Waals surface area contributed by atoms with Gasteiger partial charge in [-0.15, -0.1) is 0 Å². The summed E-state index contributed by atoms with van der Waals surface area (Å²) in [6.07, 6.45) is 3.44. The summed E-state index contributed by atoms with van der Waals surface area (Å²) in [4.78, 5) is 0. The molecule has 0 saturated heterocycles. The maximum atomic E-state index is 9.94. The van der Waals surface area contributed by atoms with E-state index in [4.69, 9.17) is 4.74 Å². The molecular formula is C18H29NO2. The van der Waals surface area contributed by atoms with Gasteiger partial charge in [0.1, 0.15) is 12.4 Å². The minimum Gasteiger partial charge on any atom is -0.491 e. The minimum atomic E-state index is -0.279. The average molecular weight is 291 g/mol. The molecule has 0 aromatic heterocycles. The lowest BCUT2D eigenvalue weighted by atomic mass is 9.94. The molecule has 0 aliphatic heterocycles. The van der Waals surface area contributed by atoms with E-state index in [1.54, 1.807) is 0 Å². The molecule has 118 valence electrons. The summed E-state index contributed by atoms with van der Waals surface area (Å²) in [5.41, 5.74) is 3.33. The van der Waals surface area contributed by atoms with Crippen LogP contribution in [0.2, 0.25) is 0 Å². The third-order valence-corrected chi connectivity index (χ3v) is 4.72. The van der Waals surface area contributed by atoms with Crippen LogP contribution in [0.4, 0.5) is 0 Å².